The highest BCUT2D eigenvalue weighted by atomic mass is 35.5. The molecule has 0 atom stereocenters. The van der Waals surface area contributed by atoms with Crippen molar-refractivity contribution < 1.29 is 4.79 Å². The molecule has 1 saturated carbocycles. The van der Waals surface area contributed by atoms with Gasteiger partial charge in [-0.25, -0.2) is 9.50 Å². The number of hydrogen-bond acceptors (Lipinski definition) is 3. The van der Waals surface area contributed by atoms with Crippen LogP contribution in [-0.4, -0.2) is 20.5 Å². The number of benzene rings is 2. The second kappa shape index (κ2) is 7.33. The van der Waals surface area contributed by atoms with E-state index in [0.717, 1.165) is 33.0 Å². The van der Waals surface area contributed by atoms with Crippen LogP contribution >= 0.6 is 11.6 Å². The molecule has 1 aliphatic rings. The Labute approximate surface area is 173 Å². The molecule has 2 aromatic heterocycles. The molecule has 0 radical (unpaired) electrons. The van der Waals surface area contributed by atoms with E-state index in [9.17, 15) is 4.79 Å². The normalized spacial score (nSPS) is 13.6. The first-order valence-electron chi connectivity index (χ1n) is 9.64. The van der Waals surface area contributed by atoms with E-state index in [1.807, 2.05) is 60.8 Å². The highest BCUT2D eigenvalue weighted by Crippen LogP contribution is 2.43. The van der Waals surface area contributed by atoms with Gasteiger partial charge < -0.3 is 5.32 Å². The summed E-state index contributed by atoms with van der Waals surface area (Å²) in [6.07, 6.45) is 6.14. The lowest BCUT2D eigenvalue weighted by atomic mass is 10.0. The predicted octanol–water partition coefficient (Wildman–Crippen LogP) is 5.11. The molecule has 0 unspecified atom stereocenters. The van der Waals surface area contributed by atoms with Crippen LogP contribution in [0.15, 0.2) is 67.1 Å². The lowest BCUT2D eigenvalue weighted by Gasteiger charge is -2.09. The van der Waals surface area contributed by atoms with Crippen LogP contribution in [0.3, 0.4) is 0 Å². The molecule has 0 bridgehead atoms. The zero-order chi connectivity index (χ0) is 19.8. The Balaban J connectivity index is 1.25. The van der Waals surface area contributed by atoms with E-state index >= 15 is 0 Å². The van der Waals surface area contributed by atoms with Gasteiger partial charge >= 0.3 is 0 Å². The molecule has 0 saturated heterocycles. The third-order valence-corrected chi connectivity index (χ3v) is 5.56. The Morgan fingerprint density at radius 3 is 2.66 bits per heavy atom. The van der Waals surface area contributed by atoms with Crippen molar-refractivity contribution >= 4 is 28.8 Å². The minimum absolute atomic E-state index is 0.0575. The number of rotatable bonds is 5. The van der Waals surface area contributed by atoms with Crippen molar-refractivity contribution in [2.45, 2.75) is 25.2 Å². The quantitative estimate of drug-likeness (QED) is 0.504. The summed E-state index contributed by atoms with van der Waals surface area (Å²) in [7, 11) is 0. The van der Waals surface area contributed by atoms with Crippen LogP contribution < -0.4 is 5.32 Å². The average Bonchev–Trinajstić information content (AvgIpc) is 3.44. The summed E-state index contributed by atoms with van der Waals surface area (Å²) >= 11 is 6.35. The van der Waals surface area contributed by atoms with Gasteiger partial charge in [-0.2, -0.15) is 5.10 Å². The summed E-state index contributed by atoms with van der Waals surface area (Å²) in [4.78, 5) is 16.6. The Bertz CT molecular complexity index is 1200. The van der Waals surface area contributed by atoms with Gasteiger partial charge in [0.05, 0.1) is 6.42 Å². The fourth-order valence-corrected chi connectivity index (χ4v) is 3.87. The van der Waals surface area contributed by atoms with Crippen molar-refractivity contribution in [2.24, 2.45) is 0 Å². The van der Waals surface area contributed by atoms with E-state index in [4.69, 9.17) is 11.6 Å². The Hall–Kier alpha value is -3.18. The third-order valence-electron chi connectivity index (χ3n) is 5.23. The molecule has 5 rings (SSSR count). The summed E-state index contributed by atoms with van der Waals surface area (Å²) in [5, 5.41) is 7.78. The minimum atomic E-state index is -0.0575. The first-order valence-corrected chi connectivity index (χ1v) is 10.0. The second-order valence-corrected chi connectivity index (χ2v) is 7.82. The summed E-state index contributed by atoms with van der Waals surface area (Å²) in [5.74, 6) is 0.536. The lowest BCUT2D eigenvalue weighted by molar-refractivity contribution is -0.115. The fraction of sp³-hybridized carbons (Fsp3) is 0.174. The van der Waals surface area contributed by atoms with E-state index in [-0.39, 0.29) is 5.91 Å². The summed E-state index contributed by atoms with van der Waals surface area (Å²) in [6, 6.07) is 17.8. The van der Waals surface area contributed by atoms with Crippen molar-refractivity contribution in [3.63, 3.8) is 0 Å². The minimum Gasteiger partial charge on any atom is -0.326 e. The maximum atomic E-state index is 12.4. The maximum absolute atomic E-state index is 12.4. The van der Waals surface area contributed by atoms with Gasteiger partial charge in [0, 0.05) is 16.9 Å². The third kappa shape index (κ3) is 3.87. The Morgan fingerprint density at radius 1 is 1.07 bits per heavy atom. The zero-order valence-electron chi connectivity index (χ0n) is 15.7. The molecule has 1 fully saturated rings. The van der Waals surface area contributed by atoms with Crippen molar-refractivity contribution in [2.75, 3.05) is 5.32 Å². The molecule has 6 heteroatoms. The highest BCUT2D eigenvalue weighted by Gasteiger charge is 2.25. The number of anilines is 1. The van der Waals surface area contributed by atoms with Crippen molar-refractivity contribution in [1.82, 2.24) is 14.6 Å². The van der Waals surface area contributed by atoms with E-state index < -0.39 is 0 Å². The van der Waals surface area contributed by atoms with Crippen molar-refractivity contribution in [3.05, 3.63) is 83.3 Å². The topological polar surface area (TPSA) is 59.3 Å². The molecular weight excluding hydrogens is 384 g/mol. The van der Waals surface area contributed by atoms with E-state index in [1.165, 1.54) is 24.7 Å². The highest BCUT2D eigenvalue weighted by molar-refractivity contribution is 6.31. The van der Waals surface area contributed by atoms with Crippen molar-refractivity contribution in [1.29, 1.82) is 0 Å². The molecule has 0 spiro atoms. The van der Waals surface area contributed by atoms with Gasteiger partial charge in [-0.05, 0) is 65.3 Å². The number of halogens is 1. The van der Waals surface area contributed by atoms with Gasteiger partial charge in [0.15, 0.2) is 5.65 Å². The van der Waals surface area contributed by atoms with Crippen LogP contribution in [0.5, 0.6) is 0 Å². The SMILES string of the molecule is O=C(Cc1ccc(-c2ccn3ncnc3c2)cc1)Nc1ccc(C2CC2)c(Cl)c1. The van der Waals surface area contributed by atoms with Crippen LogP contribution in [0.4, 0.5) is 5.69 Å². The number of nitrogens with one attached hydrogen (secondary N) is 1. The van der Waals surface area contributed by atoms with Gasteiger partial charge in [-0.1, -0.05) is 41.9 Å². The summed E-state index contributed by atoms with van der Waals surface area (Å²) in [5.41, 5.74) is 5.81. The number of fused-ring (bicyclic) bond motifs is 1. The molecule has 1 aliphatic carbocycles. The average molecular weight is 403 g/mol. The number of carbonyl (C=O) groups is 1. The van der Waals surface area contributed by atoms with Crippen molar-refractivity contribution in [3.8, 4) is 11.1 Å². The summed E-state index contributed by atoms with van der Waals surface area (Å²) in [6.45, 7) is 0. The molecule has 2 heterocycles. The summed E-state index contributed by atoms with van der Waals surface area (Å²) < 4.78 is 1.73. The fourth-order valence-electron chi connectivity index (χ4n) is 3.53. The molecular formula is C23H19ClN4O. The van der Waals surface area contributed by atoms with Crippen LogP contribution in [0.2, 0.25) is 5.02 Å². The smallest absolute Gasteiger partial charge is 0.228 e. The number of nitrogens with zero attached hydrogens (tertiary/aromatic N) is 3. The van der Waals surface area contributed by atoms with Crippen LogP contribution in [0, 0.1) is 0 Å². The molecule has 4 aromatic rings. The number of aromatic nitrogens is 3. The molecule has 1 amide bonds. The first-order chi connectivity index (χ1) is 14.2. The Kier molecular flexibility index (Phi) is 4.52. The van der Waals surface area contributed by atoms with E-state index in [0.29, 0.717) is 12.3 Å². The van der Waals surface area contributed by atoms with E-state index in [2.05, 4.69) is 15.4 Å². The molecule has 0 aliphatic heterocycles. The van der Waals surface area contributed by atoms with Gasteiger partial charge in [-0.3, -0.25) is 4.79 Å². The van der Waals surface area contributed by atoms with Gasteiger partial charge in [-0.15, -0.1) is 0 Å². The molecule has 144 valence electrons. The monoisotopic (exact) mass is 402 g/mol. The number of pyridine rings is 1. The number of amides is 1. The van der Waals surface area contributed by atoms with Gasteiger partial charge in [0.2, 0.25) is 5.91 Å². The molecule has 1 N–H and O–H groups in total. The number of hydrogen-bond donors (Lipinski definition) is 1. The Morgan fingerprint density at radius 2 is 1.90 bits per heavy atom. The largest absolute Gasteiger partial charge is 0.326 e. The maximum Gasteiger partial charge on any atom is 0.228 e. The zero-order valence-corrected chi connectivity index (χ0v) is 16.4. The van der Waals surface area contributed by atoms with E-state index in [1.54, 1.807) is 4.52 Å². The molecule has 5 nitrogen and oxygen atoms in total. The second-order valence-electron chi connectivity index (χ2n) is 7.41. The first kappa shape index (κ1) is 17.9. The van der Waals surface area contributed by atoms with Crippen LogP contribution in [0.1, 0.15) is 29.9 Å². The lowest BCUT2D eigenvalue weighted by Crippen LogP contribution is -2.14. The standard InChI is InChI=1S/C23H19ClN4O/c24-21-13-19(7-8-20(21)17-5-6-17)27-23(29)11-15-1-3-16(4-2-15)18-9-10-28-22(12-18)25-14-26-28/h1-4,7-10,12-14,17H,5-6,11H2,(H,27,29). The van der Waals surface area contributed by atoms with Crippen LogP contribution in [0.25, 0.3) is 16.8 Å². The molecule has 2 aromatic carbocycles. The number of carbonyl (C=O) groups excluding carboxylic acids is 1. The van der Waals surface area contributed by atoms with Gasteiger partial charge in [0.25, 0.3) is 0 Å². The molecule has 29 heavy (non-hydrogen) atoms. The predicted molar refractivity (Wildman–Crippen MR) is 114 cm³/mol. The van der Waals surface area contributed by atoms with Crippen LogP contribution in [-0.2, 0) is 11.2 Å². The van der Waals surface area contributed by atoms with Gasteiger partial charge in [0.1, 0.15) is 6.33 Å².